The van der Waals surface area contributed by atoms with Gasteiger partial charge in [-0.2, -0.15) is 0 Å². The van der Waals surface area contributed by atoms with E-state index < -0.39 is 0 Å². The maximum absolute atomic E-state index is 12.1. The summed E-state index contributed by atoms with van der Waals surface area (Å²) in [6.45, 7) is 2.24. The molecule has 1 saturated carbocycles. The first-order valence-electron chi connectivity index (χ1n) is 9.50. The Morgan fingerprint density at radius 1 is 0.875 bits per heavy atom. The van der Waals surface area contributed by atoms with Gasteiger partial charge in [-0.1, -0.05) is 74.7 Å². The lowest BCUT2D eigenvalue weighted by atomic mass is 9.82. The Hall–Kier alpha value is -1.89. The number of Topliss-reactive ketones (excluding diaryl/α,β-unsaturated/α-hetero) is 1. The lowest BCUT2D eigenvalue weighted by Crippen LogP contribution is -2.16. The number of carbonyl (C=O) groups is 1. The lowest BCUT2D eigenvalue weighted by molar-refractivity contribution is -0.121. The van der Waals surface area contributed by atoms with Crippen molar-refractivity contribution in [3.8, 4) is 11.1 Å². The highest BCUT2D eigenvalue weighted by Crippen LogP contribution is 2.31. The molecular weight excluding hydrogens is 292 g/mol. The van der Waals surface area contributed by atoms with Crippen molar-refractivity contribution in [2.24, 2.45) is 0 Å². The van der Waals surface area contributed by atoms with Gasteiger partial charge in [-0.05, 0) is 47.9 Å². The van der Waals surface area contributed by atoms with E-state index in [9.17, 15) is 4.79 Å². The highest BCUT2D eigenvalue weighted by molar-refractivity contribution is 5.86. The van der Waals surface area contributed by atoms with E-state index in [1.807, 2.05) is 0 Å². The van der Waals surface area contributed by atoms with Gasteiger partial charge in [0.25, 0.3) is 0 Å². The van der Waals surface area contributed by atoms with Crippen molar-refractivity contribution in [3.05, 3.63) is 59.7 Å². The van der Waals surface area contributed by atoms with Crippen LogP contribution in [0.5, 0.6) is 0 Å². The van der Waals surface area contributed by atoms with Crippen LogP contribution in [0.4, 0.5) is 0 Å². The van der Waals surface area contributed by atoms with Crippen LogP contribution >= 0.6 is 0 Å². The Morgan fingerprint density at radius 2 is 1.54 bits per heavy atom. The minimum atomic E-state index is 0.133. The predicted octanol–water partition coefficient (Wildman–Crippen LogP) is 6.31. The Balaban J connectivity index is 1.67. The first-order valence-corrected chi connectivity index (χ1v) is 9.50. The molecule has 1 aliphatic carbocycles. The number of hydrogen-bond acceptors (Lipinski definition) is 1. The molecule has 1 unspecified atom stereocenters. The van der Waals surface area contributed by atoms with Crippen LogP contribution in [0.2, 0.25) is 0 Å². The van der Waals surface area contributed by atoms with Crippen LogP contribution in [-0.2, 0) is 11.2 Å². The van der Waals surface area contributed by atoms with Crippen molar-refractivity contribution in [3.63, 3.8) is 0 Å². The van der Waals surface area contributed by atoms with Gasteiger partial charge in [0.1, 0.15) is 5.78 Å². The molecule has 1 heteroatoms. The van der Waals surface area contributed by atoms with Gasteiger partial charge in [0.15, 0.2) is 0 Å². The summed E-state index contributed by atoms with van der Waals surface area (Å²) in [7, 11) is 0. The third-order valence-electron chi connectivity index (χ3n) is 5.22. The summed E-state index contributed by atoms with van der Waals surface area (Å²) in [5.41, 5.74) is 5.12. The van der Waals surface area contributed by atoms with Gasteiger partial charge in [0, 0.05) is 12.3 Å². The van der Waals surface area contributed by atoms with Gasteiger partial charge in [-0.15, -0.1) is 0 Å². The number of hydrogen-bond donors (Lipinski definition) is 0. The first-order chi connectivity index (χ1) is 11.8. The Bertz CT molecular complexity index is 651. The summed E-state index contributed by atoms with van der Waals surface area (Å²) in [5.74, 6) is 0.555. The van der Waals surface area contributed by atoms with Crippen LogP contribution in [0.25, 0.3) is 11.1 Å². The molecule has 3 rings (SSSR count). The molecule has 2 aromatic carbocycles. The minimum Gasteiger partial charge on any atom is -0.299 e. The van der Waals surface area contributed by atoms with Crippen LogP contribution in [-0.4, -0.2) is 5.78 Å². The monoisotopic (exact) mass is 320 g/mol. The number of benzene rings is 2. The third-order valence-corrected chi connectivity index (χ3v) is 5.22. The molecule has 0 heterocycles. The second-order valence-corrected chi connectivity index (χ2v) is 7.04. The van der Waals surface area contributed by atoms with Gasteiger partial charge in [-0.25, -0.2) is 0 Å². The zero-order chi connectivity index (χ0) is 16.8. The molecule has 0 radical (unpaired) electrons. The normalized spacial score (nSPS) is 17.9. The average molecular weight is 320 g/mol. The molecule has 1 fully saturated rings. The Morgan fingerprint density at radius 3 is 2.17 bits per heavy atom. The fourth-order valence-electron chi connectivity index (χ4n) is 3.69. The van der Waals surface area contributed by atoms with E-state index in [0.29, 0.717) is 5.78 Å². The SMILES string of the molecule is CCCCCc1ccc(-c2ccc(C3CCCCC3=O)cc2)cc1. The van der Waals surface area contributed by atoms with Crippen molar-refractivity contribution in [1.82, 2.24) is 0 Å². The number of carbonyl (C=O) groups excluding carboxylic acids is 1. The molecule has 1 aliphatic rings. The average Bonchev–Trinajstić information content (AvgIpc) is 2.63. The van der Waals surface area contributed by atoms with Crippen LogP contribution in [0.1, 0.15) is 68.9 Å². The van der Waals surface area contributed by atoms with Crippen LogP contribution < -0.4 is 0 Å². The minimum absolute atomic E-state index is 0.133. The van der Waals surface area contributed by atoms with Crippen molar-refractivity contribution in [1.29, 1.82) is 0 Å². The van der Waals surface area contributed by atoms with Crippen molar-refractivity contribution >= 4 is 5.78 Å². The maximum atomic E-state index is 12.1. The van der Waals surface area contributed by atoms with E-state index in [1.165, 1.54) is 54.4 Å². The molecule has 0 spiro atoms. The second kappa shape index (κ2) is 8.28. The first kappa shape index (κ1) is 17.0. The van der Waals surface area contributed by atoms with Gasteiger partial charge in [-0.3, -0.25) is 4.79 Å². The van der Waals surface area contributed by atoms with E-state index in [-0.39, 0.29) is 5.92 Å². The van der Waals surface area contributed by atoms with Gasteiger partial charge < -0.3 is 0 Å². The molecule has 126 valence electrons. The summed E-state index contributed by atoms with van der Waals surface area (Å²) in [6, 6.07) is 17.6. The fraction of sp³-hybridized carbons (Fsp3) is 0.435. The number of aryl methyl sites for hydroxylation is 1. The van der Waals surface area contributed by atoms with Gasteiger partial charge in [0.05, 0.1) is 0 Å². The highest BCUT2D eigenvalue weighted by atomic mass is 16.1. The van der Waals surface area contributed by atoms with E-state index in [1.54, 1.807) is 0 Å². The lowest BCUT2D eigenvalue weighted by Gasteiger charge is -2.21. The van der Waals surface area contributed by atoms with Gasteiger partial charge >= 0.3 is 0 Å². The zero-order valence-corrected chi connectivity index (χ0v) is 14.8. The van der Waals surface area contributed by atoms with Gasteiger partial charge in [0.2, 0.25) is 0 Å². The Kier molecular flexibility index (Phi) is 5.85. The largest absolute Gasteiger partial charge is 0.299 e. The number of unbranched alkanes of at least 4 members (excludes halogenated alkanes) is 2. The van der Waals surface area contributed by atoms with Crippen molar-refractivity contribution in [2.75, 3.05) is 0 Å². The van der Waals surface area contributed by atoms with Crippen LogP contribution in [0, 0.1) is 0 Å². The summed E-state index contributed by atoms with van der Waals surface area (Å²) in [5, 5.41) is 0. The third kappa shape index (κ3) is 4.14. The molecule has 0 aliphatic heterocycles. The predicted molar refractivity (Wildman–Crippen MR) is 101 cm³/mol. The standard InChI is InChI=1S/C23H28O/c1-2-3-4-7-18-10-12-19(13-11-18)20-14-16-21(17-15-20)22-8-5-6-9-23(22)24/h10-17,22H,2-9H2,1H3. The quantitative estimate of drug-likeness (QED) is 0.570. The summed E-state index contributed by atoms with van der Waals surface area (Å²) < 4.78 is 0. The molecule has 2 aromatic rings. The van der Waals surface area contributed by atoms with E-state index in [4.69, 9.17) is 0 Å². The molecule has 1 nitrogen and oxygen atoms in total. The summed E-state index contributed by atoms with van der Waals surface area (Å²) in [6.07, 6.45) is 9.06. The molecule has 0 saturated heterocycles. The Labute approximate surface area is 146 Å². The molecule has 1 atom stereocenters. The molecule has 0 bridgehead atoms. The summed E-state index contributed by atoms with van der Waals surface area (Å²) in [4.78, 5) is 12.1. The zero-order valence-electron chi connectivity index (χ0n) is 14.8. The van der Waals surface area contributed by atoms with Crippen molar-refractivity contribution in [2.45, 2.75) is 64.2 Å². The van der Waals surface area contributed by atoms with Crippen molar-refractivity contribution < 1.29 is 4.79 Å². The molecule has 24 heavy (non-hydrogen) atoms. The smallest absolute Gasteiger partial charge is 0.140 e. The maximum Gasteiger partial charge on any atom is 0.140 e. The highest BCUT2D eigenvalue weighted by Gasteiger charge is 2.23. The van der Waals surface area contributed by atoms with E-state index in [2.05, 4.69) is 55.5 Å². The fourth-order valence-corrected chi connectivity index (χ4v) is 3.69. The molecule has 0 amide bonds. The second-order valence-electron chi connectivity index (χ2n) is 7.04. The molecule has 0 aromatic heterocycles. The van der Waals surface area contributed by atoms with E-state index >= 15 is 0 Å². The topological polar surface area (TPSA) is 17.1 Å². The molecule has 0 N–H and O–H groups in total. The van der Waals surface area contributed by atoms with Crippen LogP contribution in [0.3, 0.4) is 0 Å². The van der Waals surface area contributed by atoms with E-state index in [0.717, 1.165) is 19.3 Å². The number of ketones is 1. The van der Waals surface area contributed by atoms with Crippen LogP contribution in [0.15, 0.2) is 48.5 Å². The number of rotatable bonds is 6. The summed E-state index contributed by atoms with van der Waals surface area (Å²) >= 11 is 0. The molecular formula is C23H28O.